The van der Waals surface area contributed by atoms with Crippen molar-refractivity contribution in [3.63, 3.8) is 0 Å². The third-order valence-electron chi connectivity index (χ3n) is 3.49. The smallest absolute Gasteiger partial charge is 0.187 e. The van der Waals surface area contributed by atoms with Gasteiger partial charge in [-0.15, -0.1) is 11.6 Å². The van der Waals surface area contributed by atoms with Gasteiger partial charge in [-0.05, 0) is 23.2 Å². The van der Waals surface area contributed by atoms with Gasteiger partial charge in [0.15, 0.2) is 5.79 Å². The normalized spacial score (nSPS) is 26.9. The number of alkyl halides is 1. The van der Waals surface area contributed by atoms with Crippen LogP contribution in [0.15, 0.2) is 42.5 Å². The predicted molar refractivity (Wildman–Crippen MR) is 77.7 cm³/mol. The van der Waals surface area contributed by atoms with Crippen molar-refractivity contribution >= 4 is 30.2 Å². The zero-order valence-corrected chi connectivity index (χ0v) is 11.3. The number of rotatable bonds is 3. The van der Waals surface area contributed by atoms with Crippen molar-refractivity contribution in [3.05, 3.63) is 48.0 Å². The van der Waals surface area contributed by atoms with Gasteiger partial charge in [0.05, 0.1) is 26.4 Å². The minimum absolute atomic E-state index is 0.100. The fourth-order valence-corrected chi connectivity index (χ4v) is 2.60. The molecular weight excluding hydrogens is 258 g/mol. The molecule has 2 nitrogen and oxygen atoms in total. The zero-order chi connectivity index (χ0) is 13.3. The summed E-state index contributed by atoms with van der Waals surface area (Å²) in [5.74, 6) is -0.446. The van der Waals surface area contributed by atoms with Crippen LogP contribution < -0.4 is 0 Å². The van der Waals surface area contributed by atoms with E-state index >= 15 is 0 Å². The maximum absolute atomic E-state index is 5.90. The van der Waals surface area contributed by atoms with E-state index in [1.54, 1.807) is 0 Å². The molecule has 1 saturated heterocycles. The molecule has 1 heterocycles. The number of halogens is 1. The fourth-order valence-electron chi connectivity index (χ4n) is 2.44. The molecule has 1 aliphatic rings. The van der Waals surface area contributed by atoms with E-state index < -0.39 is 5.79 Å². The molecule has 1 aliphatic heterocycles. The third-order valence-corrected chi connectivity index (χ3v) is 3.83. The molecule has 4 heteroatoms. The maximum atomic E-state index is 5.90. The van der Waals surface area contributed by atoms with Crippen molar-refractivity contribution in [3.8, 4) is 0 Å². The zero-order valence-electron chi connectivity index (χ0n) is 10.5. The highest BCUT2D eigenvalue weighted by atomic mass is 35.5. The number of benzene rings is 2. The lowest BCUT2D eigenvalue weighted by Crippen LogP contribution is -2.28. The van der Waals surface area contributed by atoms with E-state index in [9.17, 15) is 0 Å². The first-order valence-electron chi connectivity index (χ1n) is 6.34. The van der Waals surface area contributed by atoms with Gasteiger partial charge in [-0.3, -0.25) is 0 Å². The lowest BCUT2D eigenvalue weighted by Gasteiger charge is -2.27. The summed E-state index contributed by atoms with van der Waals surface area (Å²) in [5, 5.41) is 2.33. The second-order valence-electron chi connectivity index (χ2n) is 4.72. The van der Waals surface area contributed by atoms with Crippen molar-refractivity contribution in [2.45, 2.75) is 18.2 Å². The van der Waals surface area contributed by atoms with Crippen LogP contribution in [0.4, 0.5) is 0 Å². The summed E-state index contributed by atoms with van der Waals surface area (Å²) in [6.45, 7) is 0.480. The summed E-state index contributed by atoms with van der Waals surface area (Å²) in [7, 11) is 5.87. The molecule has 2 atom stereocenters. The molecule has 0 N–H and O–H groups in total. The van der Waals surface area contributed by atoms with E-state index in [0.29, 0.717) is 12.5 Å². The molecule has 19 heavy (non-hydrogen) atoms. The molecular formula is C15H14BClO2. The Labute approximate surface area is 119 Å². The molecule has 3 rings (SSSR count). The van der Waals surface area contributed by atoms with Crippen LogP contribution in [0.5, 0.6) is 0 Å². The standard InChI is InChI=1S/C15H14BClO2/c16-10-15(18-9-14(8-17)19-15)13-6-5-11-3-1-2-4-12(11)7-13/h1-7,14H,8-10H2/t14-,15+/m1/s1. The van der Waals surface area contributed by atoms with Crippen LogP contribution in [0.2, 0.25) is 6.32 Å². The van der Waals surface area contributed by atoms with Crippen LogP contribution in [0, 0.1) is 0 Å². The Bertz CT molecular complexity index is 589. The maximum Gasteiger partial charge on any atom is 0.187 e. The highest BCUT2D eigenvalue weighted by molar-refractivity contribution is 6.18. The SMILES string of the molecule is [B]C[C@]1(c2ccc3ccccc3c2)OC[C@@H](CCl)O1. The van der Waals surface area contributed by atoms with Crippen LogP contribution in [0.3, 0.4) is 0 Å². The third kappa shape index (κ3) is 2.27. The first-order valence-corrected chi connectivity index (χ1v) is 6.88. The number of hydrogen-bond acceptors (Lipinski definition) is 2. The number of fused-ring (bicyclic) bond motifs is 1. The Morgan fingerprint density at radius 2 is 2.00 bits per heavy atom. The van der Waals surface area contributed by atoms with Gasteiger partial charge in [0, 0.05) is 5.56 Å². The highest BCUT2D eigenvalue weighted by Gasteiger charge is 2.41. The molecule has 0 amide bonds. The van der Waals surface area contributed by atoms with Crippen molar-refractivity contribution in [2.75, 3.05) is 12.5 Å². The first kappa shape index (κ1) is 13.0. The topological polar surface area (TPSA) is 18.5 Å². The second-order valence-corrected chi connectivity index (χ2v) is 5.03. The van der Waals surface area contributed by atoms with Crippen molar-refractivity contribution < 1.29 is 9.47 Å². The summed E-state index contributed by atoms with van der Waals surface area (Å²) in [6, 6.07) is 14.3. The van der Waals surface area contributed by atoms with Gasteiger partial charge in [0.25, 0.3) is 0 Å². The monoisotopic (exact) mass is 272 g/mol. The van der Waals surface area contributed by atoms with E-state index in [1.807, 2.05) is 18.2 Å². The van der Waals surface area contributed by atoms with Gasteiger partial charge in [-0.25, -0.2) is 0 Å². The minimum Gasteiger partial charge on any atom is -0.344 e. The van der Waals surface area contributed by atoms with Gasteiger partial charge < -0.3 is 9.47 Å². The largest absolute Gasteiger partial charge is 0.344 e. The van der Waals surface area contributed by atoms with Gasteiger partial charge in [-0.2, -0.15) is 0 Å². The van der Waals surface area contributed by atoms with Crippen LogP contribution in [0.25, 0.3) is 10.8 Å². The Hall–Kier alpha value is -1.03. The summed E-state index contributed by atoms with van der Waals surface area (Å²) in [5.41, 5.74) is 0.946. The average molecular weight is 273 g/mol. The van der Waals surface area contributed by atoms with Crippen LogP contribution in [-0.2, 0) is 15.3 Å². The average Bonchev–Trinajstić information content (AvgIpc) is 2.92. The van der Waals surface area contributed by atoms with E-state index in [2.05, 4.69) is 24.3 Å². The van der Waals surface area contributed by atoms with Crippen LogP contribution in [-0.4, -0.2) is 26.4 Å². The molecule has 0 bridgehead atoms. The molecule has 1 fully saturated rings. The summed E-state index contributed by atoms with van der Waals surface area (Å²) in [4.78, 5) is 0. The molecule has 2 aromatic carbocycles. The molecule has 0 aliphatic carbocycles. The Balaban J connectivity index is 2.02. The Kier molecular flexibility index (Phi) is 3.53. The summed E-state index contributed by atoms with van der Waals surface area (Å²) in [6.07, 6.45) is 0.176. The van der Waals surface area contributed by atoms with Crippen LogP contribution in [0.1, 0.15) is 5.56 Å². The molecule has 0 unspecified atom stereocenters. The van der Waals surface area contributed by atoms with Gasteiger partial charge in [0.2, 0.25) is 0 Å². The Morgan fingerprint density at radius 1 is 1.21 bits per heavy atom. The molecule has 96 valence electrons. The number of hydrogen-bond donors (Lipinski definition) is 0. The Morgan fingerprint density at radius 3 is 2.68 bits per heavy atom. The summed E-state index contributed by atoms with van der Waals surface area (Å²) >= 11 is 5.83. The second kappa shape index (κ2) is 5.16. The fraction of sp³-hybridized carbons (Fsp3) is 0.333. The van der Waals surface area contributed by atoms with Crippen molar-refractivity contribution in [1.29, 1.82) is 0 Å². The van der Waals surface area contributed by atoms with E-state index in [1.165, 1.54) is 5.39 Å². The van der Waals surface area contributed by atoms with E-state index in [-0.39, 0.29) is 12.4 Å². The highest BCUT2D eigenvalue weighted by Crippen LogP contribution is 2.38. The van der Waals surface area contributed by atoms with E-state index in [0.717, 1.165) is 10.9 Å². The van der Waals surface area contributed by atoms with Crippen LogP contribution >= 0.6 is 11.6 Å². The minimum atomic E-state index is -0.858. The van der Waals surface area contributed by atoms with Gasteiger partial charge >= 0.3 is 0 Å². The van der Waals surface area contributed by atoms with Gasteiger partial charge in [-0.1, -0.05) is 36.4 Å². The molecule has 0 saturated carbocycles. The lowest BCUT2D eigenvalue weighted by molar-refractivity contribution is -0.158. The molecule has 0 aromatic heterocycles. The quantitative estimate of drug-likeness (QED) is 0.631. The van der Waals surface area contributed by atoms with Crippen molar-refractivity contribution in [1.82, 2.24) is 0 Å². The van der Waals surface area contributed by atoms with E-state index in [4.69, 9.17) is 28.9 Å². The lowest BCUT2D eigenvalue weighted by atomic mass is 9.89. The van der Waals surface area contributed by atoms with Gasteiger partial charge in [0.1, 0.15) is 0 Å². The molecule has 2 radical (unpaired) electrons. The van der Waals surface area contributed by atoms with Crippen molar-refractivity contribution in [2.24, 2.45) is 0 Å². The molecule has 0 spiro atoms. The summed E-state index contributed by atoms with van der Waals surface area (Å²) < 4.78 is 11.7. The molecule has 2 aromatic rings. The number of ether oxygens (including phenoxy) is 2. The predicted octanol–water partition coefficient (Wildman–Crippen LogP) is 3.23. The first-order chi connectivity index (χ1) is 9.27.